The summed E-state index contributed by atoms with van der Waals surface area (Å²) < 4.78 is 10.9. The Bertz CT molecular complexity index is 381. The standard InChI is InChI=1S/C15H22O2/c1-4-5-13-8-11(10-16-2)9-14(12-6-7-12)15(13)17-3/h8-9,12H,4-7,10H2,1-3H3. The predicted molar refractivity (Wildman–Crippen MR) is 69.7 cm³/mol. The molecule has 1 aliphatic rings. The molecule has 17 heavy (non-hydrogen) atoms. The van der Waals surface area contributed by atoms with Crippen molar-refractivity contribution in [1.29, 1.82) is 0 Å². The van der Waals surface area contributed by atoms with Gasteiger partial charge in [0.1, 0.15) is 5.75 Å². The summed E-state index contributed by atoms with van der Waals surface area (Å²) in [5.41, 5.74) is 4.01. The highest BCUT2D eigenvalue weighted by molar-refractivity contribution is 5.48. The predicted octanol–water partition coefficient (Wildman–Crippen LogP) is 3.67. The summed E-state index contributed by atoms with van der Waals surface area (Å²) in [5, 5.41) is 0. The van der Waals surface area contributed by atoms with Crippen LogP contribution in [0.4, 0.5) is 0 Å². The van der Waals surface area contributed by atoms with Crippen LogP contribution in [0.15, 0.2) is 12.1 Å². The molecular formula is C15H22O2. The Kier molecular flexibility index (Phi) is 4.06. The Balaban J connectivity index is 2.39. The van der Waals surface area contributed by atoms with Gasteiger partial charge in [-0.25, -0.2) is 0 Å². The molecule has 0 heterocycles. The lowest BCUT2D eigenvalue weighted by atomic mass is 9.98. The maximum Gasteiger partial charge on any atom is 0.125 e. The first-order valence-corrected chi connectivity index (χ1v) is 6.48. The van der Waals surface area contributed by atoms with Gasteiger partial charge in [0, 0.05) is 7.11 Å². The molecule has 0 aromatic heterocycles. The number of ether oxygens (including phenoxy) is 2. The Hall–Kier alpha value is -1.02. The van der Waals surface area contributed by atoms with Gasteiger partial charge in [0.25, 0.3) is 0 Å². The minimum Gasteiger partial charge on any atom is -0.496 e. The third kappa shape index (κ3) is 2.81. The van der Waals surface area contributed by atoms with Crippen molar-refractivity contribution in [3.05, 3.63) is 28.8 Å². The van der Waals surface area contributed by atoms with Crippen molar-refractivity contribution in [2.75, 3.05) is 14.2 Å². The van der Waals surface area contributed by atoms with E-state index in [-0.39, 0.29) is 0 Å². The minimum atomic E-state index is 0.695. The van der Waals surface area contributed by atoms with E-state index >= 15 is 0 Å². The summed E-state index contributed by atoms with van der Waals surface area (Å²) in [6.45, 7) is 2.90. The maximum atomic E-state index is 5.62. The summed E-state index contributed by atoms with van der Waals surface area (Å²) >= 11 is 0. The van der Waals surface area contributed by atoms with Gasteiger partial charge >= 0.3 is 0 Å². The second kappa shape index (κ2) is 5.54. The average molecular weight is 234 g/mol. The minimum absolute atomic E-state index is 0.695. The molecule has 0 spiro atoms. The van der Waals surface area contributed by atoms with Gasteiger partial charge in [-0.1, -0.05) is 13.3 Å². The topological polar surface area (TPSA) is 18.5 Å². The number of benzene rings is 1. The quantitative estimate of drug-likeness (QED) is 0.747. The van der Waals surface area contributed by atoms with Crippen molar-refractivity contribution < 1.29 is 9.47 Å². The maximum absolute atomic E-state index is 5.62. The third-order valence-corrected chi connectivity index (χ3v) is 3.31. The van der Waals surface area contributed by atoms with Crippen LogP contribution in [-0.4, -0.2) is 14.2 Å². The smallest absolute Gasteiger partial charge is 0.125 e. The zero-order chi connectivity index (χ0) is 12.3. The Labute approximate surface area is 104 Å². The van der Waals surface area contributed by atoms with E-state index in [0.29, 0.717) is 6.61 Å². The van der Waals surface area contributed by atoms with Crippen molar-refractivity contribution in [2.45, 2.75) is 45.1 Å². The van der Waals surface area contributed by atoms with Crippen LogP contribution in [0.3, 0.4) is 0 Å². The molecule has 1 aliphatic carbocycles. The molecule has 2 heteroatoms. The first kappa shape index (κ1) is 12.4. The fraction of sp³-hybridized carbons (Fsp3) is 0.600. The SMILES string of the molecule is CCCc1cc(COC)cc(C2CC2)c1OC. The van der Waals surface area contributed by atoms with Crippen LogP contribution in [-0.2, 0) is 17.8 Å². The fourth-order valence-corrected chi connectivity index (χ4v) is 2.43. The molecule has 0 N–H and O–H groups in total. The number of hydrogen-bond acceptors (Lipinski definition) is 2. The second-order valence-corrected chi connectivity index (χ2v) is 4.83. The first-order chi connectivity index (χ1) is 8.30. The Morgan fingerprint density at radius 3 is 2.53 bits per heavy atom. The highest BCUT2D eigenvalue weighted by Gasteiger charge is 2.28. The molecule has 2 nitrogen and oxygen atoms in total. The van der Waals surface area contributed by atoms with Crippen molar-refractivity contribution in [2.24, 2.45) is 0 Å². The van der Waals surface area contributed by atoms with E-state index in [0.717, 1.165) is 24.5 Å². The van der Waals surface area contributed by atoms with E-state index in [4.69, 9.17) is 9.47 Å². The summed E-state index contributed by atoms with van der Waals surface area (Å²) in [6, 6.07) is 4.50. The van der Waals surface area contributed by atoms with Crippen molar-refractivity contribution in [3.8, 4) is 5.75 Å². The number of methoxy groups -OCH3 is 2. The van der Waals surface area contributed by atoms with Gasteiger partial charge in [-0.05, 0) is 54.0 Å². The summed E-state index contributed by atoms with van der Waals surface area (Å²) in [4.78, 5) is 0. The van der Waals surface area contributed by atoms with Gasteiger partial charge in [0.05, 0.1) is 13.7 Å². The van der Waals surface area contributed by atoms with Gasteiger partial charge in [0.2, 0.25) is 0 Å². The Morgan fingerprint density at radius 1 is 1.24 bits per heavy atom. The molecule has 0 radical (unpaired) electrons. The normalized spacial score (nSPS) is 15.0. The van der Waals surface area contributed by atoms with Gasteiger partial charge in [-0.3, -0.25) is 0 Å². The molecule has 0 atom stereocenters. The number of aryl methyl sites for hydroxylation is 1. The van der Waals surface area contributed by atoms with Crippen molar-refractivity contribution in [3.63, 3.8) is 0 Å². The van der Waals surface area contributed by atoms with Crippen LogP contribution in [0.25, 0.3) is 0 Å². The Morgan fingerprint density at radius 2 is 2.00 bits per heavy atom. The van der Waals surface area contributed by atoms with E-state index in [1.165, 1.54) is 29.5 Å². The first-order valence-electron chi connectivity index (χ1n) is 6.48. The molecule has 0 saturated heterocycles. The van der Waals surface area contributed by atoms with Crippen LogP contribution in [0, 0.1) is 0 Å². The highest BCUT2D eigenvalue weighted by Crippen LogP contribution is 2.46. The van der Waals surface area contributed by atoms with Crippen LogP contribution in [0.1, 0.15) is 48.8 Å². The zero-order valence-corrected chi connectivity index (χ0v) is 11.1. The van der Waals surface area contributed by atoms with E-state index in [1.807, 2.05) is 0 Å². The van der Waals surface area contributed by atoms with E-state index < -0.39 is 0 Å². The molecule has 1 saturated carbocycles. The van der Waals surface area contributed by atoms with E-state index in [2.05, 4.69) is 19.1 Å². The average Bonchev–Trinajstić information content (AvgIpc) is 3.13. The number of rotatable bonds is 6. The summed E-state index contributed by atoms with van der Waals surface area (Å²) in [5.74, 6) is 1.84. The van der Waals surface area contributed by atoms with Crippen LogP contribution in [0.2, 0.25) is 0 Å². The lowest BCUT2D eigenvalue weighted by Crippen LogP contribution is -2.00. The summed E-state index contributed by atoms with van der Waals surface area (Å²) in [6.07, 6.45) is 4.84. The van der Waals surface area contributed by atoms with Crippen molar-refractivity contribution in [1.82, 2.24) is 0 Å². The van der Waals surface area contributed by atoms with Gasteiger partial charge in [-0.15, -0.1) is 0 Å². The molecule has 1 aromatic carbocycles. The van der Waals surface area contributed by atoms with Gasteiger partial charge in [0.15, 0.2) is 0 Å². The monoisotopic (exact) mass is 234 g/mol. The molecule has 0 amide bonds. The molecular weight excluding hydrogens is 212 g/mol. The molecule has 2 rings (SSSR count). The largest absolute Gasteiger partial charge is 0.496 e. The fourth-order valence-electron chi connectivity index (χ4n) is 2.43. The van der Waals surface area contributed by atoms with E-state index in [1.54, 1.807) is 14.2 Å². The highest BCUT2D eigenvalue weighted by atomic mass is 16.5. The lowest BCUT2D eigenvalue weighted by Gasteiger charge is -2.15. The summed E-state index contributed by atoms with van der Waals surface area (Å²) in [7, 11) is 3.54. The molecule has 94 valence electrons. The zero-order valence-electron chi connectivity index (χ0n) is 11.1. The van der Waals surface area contributed by atoms with Gasteiger partial charge < -0.3 is 9.47 Å². The molecule has 0 aliphatic heterocycles. The number of hydrogen-bond donors (Lipinski definition) is 0. The molecule has 1 fully saturated rings. The van der Waals surface area contributed by atoms with Gasteiger partial charge in [-0.2, -0.15) is 0 Å². The lowest BCUT2D eigenvalue weighted by molar-refractivity contribution is 0.184. The van der Waals surface area contributed by atoms with Crippen LogP contribution < -0.4 is 4.74 Å². The van der Waals surface area contributed by atoms with Crippen LogP contribution in [0.5, 0.6) is 5.75 Å². The van der Waals surface area contributed by atoms with Crippen molar-refractivity contribution >= 4 is 0 Å². The van der Waals surface area contributed by atoms with Crippen LogP contribution >= 0.6 is 0 Å². The third-order valence-electron chi connectivity index (χ3n) is 3.31. The second-order valence-electron chi connectivity index (χ2n) is 4.83. The van der Waals surface area contributed by atoms with E-state index in [9.17, 15) is 0 Å². The molecule has 0 unspecified atom stereocenters. The molecule has 1 aromatic rings. The molecule has 0 bridgehead atoms.